The van der Waals surface area contributed by atoms with E-state index in [1.807, 2.05) is 48.5 Å². The van der Waals surface area contributed by atoms with Gasteiger partial charge in [-0.05, 0) is 65.2 Å². The van der Waals surface area contributed by atoms with Crippen molar-refractivity contribution in [3.05, 3.63) is 95.6 Å². The van der Waals surface area contributed by atoms with Gasteiger partial charge >= 0.3 is 11.9 Å². The monoisotopic (exact) mass is 454 g/mol. The van der Waals surface area contributed by atoms with Gasteiger partial charge in [0, 0.05) is 5.57 Å². The molecule has 5 atom stereocenters. The van der Waals surface area contributed by atoms with Crippen LogP contribution >= 0.6 is 0 Å². The minimum absolute atomic E-state index is 0.0640. The Hall–Kier alpha value is -3.40. The van der Waals surface area contributed by atoms with E-state index in [0.29, 0.717) is 36.7 Å². The van der Waals surface area contributed by atoms with Crippen molar-refractivity contribution in [3.8, 4) is 0 Å². The molecule has 2 aromatic rings. The lowest BCUT2D eigenvalue weighted by Gasteiger charge is -2.30. The van der Waals surface area contributed by atoms with Crippen LogP contribution < -0.4 is 0 Å². The summed E-state index contributed by atoms with van der Waals surface area (Å²) in [7, 11) is 0. The maximum Gasteiger partial charge on any atom is 0.334 e. The molecule has 3 aliphatic rings. The first-order valence-corrected chi connectivity index (χ1v) is 12.0. The second-order valence-electron chi connectivity index (χ2n) is 9.71. The first kappa shape index (κ1) is 22.4. The van der Waals surface area contributed by atoms with Crippen molar-refractivity contribution in [1.82, 2.24) is 0 Å². The van der Waals surface area contributed by atoms with Gasteiger partial charge in [-0.25, -0.2) is 4.79 Å². The normalized spacial score (nSPS) is 26.5. The van der Waals surface area contributed by atoms with Crippen LogP contribution in [0.5, 0.6) is 0 Å². The van der Waals surface area contributed by atoms with E-state index in [0.717, 1.165) is 40.7 Å². The second-order valence-corrected chi connectivity index (χ2v) is 9.71. The summed E-state index contributed by atoms with van der Waals surface area (Å²) >= 11 is 0. The van der Waals surface area contributed by atoms with Gasteiger partial charge in [-0.2, -0.15) is 0 Å². The fourth-order valence-corrected chi connectivity index (χ4v) is 6.06. The highest BCUT2D eigenvalue weighted by atomic mass is 16.5. The molecule has 2 saturated carbocycles. The minimum atomic E-state index is -0.233. The van der Waals surface area contributed by atoms with Crippen LogP contribution in [0.3, 0.4) is 0 Å². The summed E-state index contributed by atoms with van der Waals surface area (Å²) in [5, 5.41) is 0. The molecule has 4 heteroatoms. The van der Waals surface area contributed by atoms with E-state index < -0.39 is 0 Å². The predicted molar refractivity (Wildman–Crippen MR) is 132 cm³/mol. The molecular weight excluding hydrogens is 424 g/mol. The van der Waals surface area contributed by atoms with Crippen LogP contribution in [-0.2, 0) is 32.3 Å². The number of allylic oxidation sites excluding steroid dienone is 1. The van der Waals surface area contributed by atoms with Crippen molar-refractivity contribution in [2.75, 3.05) is 0 Å². The lowest BCUT2D eigenvalue weighted by Crippen LogP contribution is -2.31. The Morgan fingerprint density at radius 1 is 0.824 bits per heavy atom. The van der Waals surface area contributed by atoms with Crippen LogP contribution in [0.1, 0.15) is 41.5 Å². The van der Waals surface area contributed by atoms with E-state index in [1.165, 1.54) is 0 Å². The van der Waals surface area contributed by atoms with Gasteiger partial charge in [0.1, 0.15) is 13.2 Å². The smallest absolute Gasteiger partial charge is 0.334 e. The molecule has 174 valence electrons. The van der Waals surface area contributed by atoms with Gasteiger partial charge in [0.2, 0.25) is 0 Å². The van der Waals surface area contributed by atoms with Gasteiger partial charge in [-0.1, -0.05) is 79.9 Å². The fourth-order valence-electron chi connectivity index (χ4n) is 6.06. The molecule has 0 heterocycles. The average molecular weight is 455 g/mol. The molecule has 5 unspecified atom stereocenters. The van der Waals surface area contributed by atoms with Gasteiger partial charge in [0.25, 0.3) is 0 Å². The van der Waals surface area contributed by atoms with Crippen LogP contribution in [0, 0.1) is 29.6 Å². The molecule has 2 aromatic carbocycles. The Balaban J connectivity index is 1.14. The van der Waals surface area contributed by atoms with Crippen LogP contribution in [0.15, 0.2) is 73.3 Å². The highest BCUT2D eigenvalue weighted by Crippen LogP contribution is 2.60. The van der Waals surface area contributed by atoms with Crippen molar-refractivity contribution in [3.63, 3.8) is 0 Å². The molecule has 2 bridgehead atoms. The van der Waals surface area contributed by atoms with E-state index >= 15 is 0 Å². The molecule has 0 aromatic heterocycles. The number of benzene rings is 2. The topological polar surface area (TPSA) is 52.6 Å². The first-order chi connectivity index (χ1) is 16.6. The Morgan fingerprint density at radius 2 is 1.41 bits per heavy atom. The molecule has 0 spiro atoms. The molecule has 0 saturated heterocycles. The summed E-state index contributed by atoms with van der Waals surface area (Å²) in [6, 6.07) is 15.7. The van der Waals surface area contributed by atoms with Crippen molar-refractivity contribution >= 4 is 24.1 Å². The van der Waals surface area contributed by atoms with Crippen LogP contribution in [0.4, 0.5) is 0 Å². The SMILES string of the molecule is C=Cc1ccc(COC(=O)C2=CC3C4CC(C(=O)OCc5ccc(C=C)cc5)C(C4)C3C2)cc1. The summed E-state index contributed by atoms with van der Waals surface area (Å²) in [5.41, 5.74) is 4.79. The van der Waals surface area contributed by atoms with Crippen molar-refractivity contribution in [2.45, 2.75) is 32.5 Å². The number of fused-ring (bicyclic) bond motifs is 5. The van der Waals surface area contributed by atoms with E-state index in [-0.39, 0.29) is 24.5 Å². The lowest BCUT2D eigenvalue weighted by atomic mass is 9.75. The molecular formula is C30H30O4. The first-order valence-electron chi connectivity index (χ1n) is 12.0. The second kappa shape index (κ2) is 9.46. The van der Waals surface area contributed by atoms with Gasteiger partial charge in [-0.15, -0.1) is 0 Å². The number of ether oxygens (including phenoxy) is 2. The highest BCUT2D eigenvalue weighted by molar-refractivity contribution is 5.89. The third-order valence-corrected chi connectivity index (χ3v) is 7.83. The zero-order chi connectivity index (χ0) is 23.7. The maximum atomic E-state index is 12.9. The molecule has 0 N–H and O–H groups in total. The predicted octanol–water partition coefficient (Wildman–Crippen LogP) is 5.98. The molecule has 34 heavy (non-hydrogen) atoms. The van der Waals surface area contributed by atoms with E-state index in [4.69, 9.17) is 9.47 Å². The molecule has 0 amide bonds. The van der Waals surface area contributed by atoms with Crippen LogP contribution in [-0.4, -0.2) is 11.9 Å². The number of carbonyl (C=O) groups is 2. The van der Waals surface area contributed by atoms with Gasteiger partial charge in [0.15, 0.2) is 0 Å². The summed E-state index contributed by atoms with van der Waals surface area (Å²) in [5.74, 6) is 1.08. The van der Waals surface area contributed by atoms with Gasteiger partial charge in [0.05, 0.1) is 5.92 Å². The van der Waals surface area contributed by atoms with Gasteiger partial charge < -0.3 is 9.47 Å². The Bertz CT molecular complexity index is 1130. The van der Waals surface area contributed by atoms with Crippen LogP contribution in [0.25, 0.3) is 12.2 Å². The molecule has 5 rings (SSSR count). The molecule has 3 aliphatic carbocycles. The fraction of sp³-hybridized carbons (Fsp3) is 0.333. The Kier molecular flexibility index (Phi) is 6.23. The van der Waals surface area contributed by atoms with E-state index in [9.17, 15) is 9.59 Å². The number of esters is 2. The molecule has 0 aliphatic heterocycles. The number of rotatable bonds is 8. The van der Waals surface area contributed by atoms with E-state index in [2.05, 4.69) is 19.2 Å². The van der Waals surface area contributed by atoms with Crippen molar-refractivity contribution in [1.29, 1.82) is 0 Å². The molecule has 0 radical (unpaired) electrons. The summed E-state index contributed by atoms with van der Waals surface area (Å²) in [6.45, 7) is 8.07. The quantitative estimate of drug-likeness (QED) is 0.461. The largest absolute Gasteiger partial charge is 0.461 e. The lowest BCUT2D eigenvalue weighted by molar-refractivity contribution is -0.152. The Morgan fingerprint density at radius 3 is 2.00 bits per heavy atom. The van der Waals surface area contributed by atoms with Crippen molar-refractivity contribution < 1.29 is 19.1 Å². The zero-order valence-electron chi connectivity index (χ0n) is 19.3. The van der Waals surface area contributed by atoms with Crippen LogP contribution in [0.2, 0.25) is 0 Å². The third kappa shape index (κ3) is 4.37. The molecule has 4 nitrogen and oxygen atoms in total. The summed E-state index contributed by atoms with van der Waals surface area (Å²) in [4.78, 5) is 25.6. The maximum absolute atomic E-state index is 12.9. The number of carbonyl (C=O) groups excluding carboxylic acids is 2. The van der Waals surface area contributed by atoms with Gasteiger partial charge in [-0.3, -0.25) is 4.79 Å². The molecule has 2 fully saturated rings. The standard InChI is InChI=1S/C30H30O4/c1-3-19-5-9-21(10-6-19)17-33-29(31)24-15-25-23-13-27(26(25)16-24)28(14-23)30(32)34-18-22-11-7-20(4-2)8-12-22/h3-12,15,23,25-28H,1-2,13-14,16-18H2. The Labute approximate surface area is 201 Å². The number of hydrogen-bond donors (Lipinski definition) is 0. The highest BCUT2D eigenvalue weighted by Gasteiger charge is 2.56. The third-order valence-electron chi connectivity index (χ3n) is 7.83. The summed E-state index contributed by atoms with van der Waals surface area (Å²) in [6.07, 6.45) is 8.32. The van der Waals surface area contributed by atoms with E-state index in [1.54, 1.807) is 12.2 Å². The minimum Gasteiger partial charge on any atom is -0.461 e. The summed E-state index contributed by atoms with van der Waals surface area (Å²) < 4.78 is 11.3. The van der Waals surface area contributed by atoms with Crippen molar-refractivity contribution in [2.24, 2.45) is 29.6 Å². The number of hydrogen-bond acceptors (Lipinski definition) is 4. The zero-order valence-corrected chi connectivity index (χ0v) is 19.3. The average Bonchev–Trinajstić information content (AvgIpc) is 3.59.